The van der Waals surface area contributed by atoms with Gasteiger partial charge in [-0.25, -0.2) is 9.29 Å². The van der Waals surface area contributed by atoms with Crippen LogP contribution in [0.3, 0.4) is 0 Å². The van der Waals surface area contributed by atoms with Gasteiger partial charge in [-0.05, 0) is 55.3 Å². The van der Waals surface area contributed by atoms with E-state index < -0.39 is 5.25 Å². The zero-order valence-electron chi connectivity index (χ0n) is 19.4. The van der Waals surface area contributed by atoms with Gasteiger partial charge in [0.05, 0.1) is 18.0 Å². The van der Waals surface area contributed by atoms with Gasteiger partial charge >= 0.3 is 0 Å². The molecular formula is C25H29FN4O3S. The highest BCUT2D eigenvalue weighted by Crippen LogP contribution is 2.30. The van der Waals surface area contributed by atoms with Crippen molar-refractivity contribution < 1.29 is 18.7 Å². The zero-order valence-corrected chi connectivity index (χ0v) is 20.2. The fourth-order valence-electron chi connectivity index (χ4n) is 3.42. The first kappa shape index (κ1) is 25.4. The lowest BCUT2D eigenvalue weighted by molar-refractivity contribution is -0.121. The molecule has 1 heterocycles. The van der Waals surface area contributed by atoms with E-state index in [9.17, 15) is 14.0 Å². The minimum Gasteiger partial charge on any atom is -0.494 e. The van der Waals surface area contributed by atoms with Crippen LogP contribution in [0.1, 0.15) is 51.5 Å². The molecule has 0 saturated carbocycles. The number of anilines is 1. The van der Waals surface area contributed by atoms with Crippen LogP contribution in [-0.2, 0) is 9.59 Å². The lowest BCUT2D eigenvalue weighted by atomic mass is 10.1. The van der Waals surface area contributed by atoms with Gasteiger partial charge in [0.1, 0.15) is 16.8 Å². The highest BCUT2D eigenvalue weighted by Gasteiger charge is 2.40. The molecule has 34 heavy (non-hydrogen) atoms. The maximum atomic E-state index is 13.1. The first-order valence-corrected chi connectivity index (χ1v) is 12.2. The normalized spacial score (nSPS) is 16.9. The number of nitrogens with two attached hydrogens (primary N) is 1. The summed E-state index contributed by atoms with van der Waals surface area (Å²) < 4.78 is 18.8. The number of nitrogens with zero attached hydrogens (tertiary/aromatic N) is 3. The third-order valence-corrected chi connectivity index (χ3v) is 6.27. The smallest absolute Gasteiger partial charge is 0.247 e. The van der Waals surface area contributed by atoms with E-state index in [4.69, 9.17) is 10.5 Å². The first-order chi connectivity index (χ1) is 16.4. The van der Waals surface area contributed by atoms with Crippen LogP contribution >= 0.6 is 11.8 Å². The Bertz CT molecular complexity index is 1050. The van der Waals surface area contributed by atoms with Gasteiger partial charge in [-0.3, -0.25) is 9.59 Å². The summed E-state index contributed by atoms with van der Waals surface area (Å²) >= 11 is 1.00. The number of amidine groups is 1. The predicted molar refractivity (Wildman–Crippen MR) is 135 cm³/mol. The molecule has 1 unspecified atom stereocenters. The molecule has 0 aromatic heterocycles. The van der Waals surface area contributed by atoms with Gasteiger partial charge in [0.15, 0.2) is 5.17 Å². The maximum absolute atomic E-state index is 13.1. The van der Waals surface area contributed by atoms with Gasteiger partial charge in [0, 0.05) is 6.42 Å². The SMILES string of the molecule is CCCCCCOc1ccc(N2C(=O)CC(SC(N)=N/N=C(\C)c3ccc(F)cc3)C2=O)cc1. The van der Waals surface area contributed by atoms with Gasteiger partial charge in [-0.15, -0.1) is 5.10 Å². The quantitative estimate of drug-likeness (QED) is 0.170. The Hall–Kier alpha value is -3.20. The van der Waals surface area contributed by atoms with Crippen molar-refractivity contribution in [2.45, 2.75) is 51.2 Å². The molecule has 2 aromatic carbocycles. The van der Waals surface area contributed by atoms with Crippen LogP contribution < -0.4 is 15.4 Å². The van der Waals surface area contributed by atoms with E-state index in [0.29, 0.717) is 29.3 Å². The molecule has 180 valence electrons. The minimum atomic E-state index is -0.674. The van der Waals surface area contributed by atoms with Crippen molar-refractivity contribution in [3.8, 4) is 5.75 Å². The summed E-state index contributed by atoms with van der Waals surface area (Å²) in [6.45, 7) is 4.52. The minimum absolute atomic E-state index is 0.0239. The van der Waals surface area contributed by atoms with Gasteiger partial charge in [0.25, 0.3) is 0 Å². The highest BCUT2D eigenvalue weighted by atomic mass is 32.2. The summed E-state index contributed by atoms with van der Waals surface area (Å²) in [6, 6.07) is 12.8. The van der Waals surface area contributed by atoms with E-state index in [1.54, 1.807) is 43.3 Å². The molecule has 2 amide bonds. The standard InChI is InChI=1S/C25H29FN4O3S/c1-3-4-5-6-15-33-21-13-11-20(12-14-21)30-23(31)16-22(24(30)32)34-25(27)29-28-17(2)18-7-9-19(26)10-8-18/h7-14,22H,3-6,15-16H2,1-2H3,(H2,27,29)/b28-17+. The summed E-state index contributed by atoms with van der Waals surface area (Å²) in [5, 5.41) is 7.40. The molecule has 1 atom stereocenters. The summed E-state index contributed by atoms with van der Waals surface area (Å²) in [6.07, 6.45) is 4.51. The fourth-order valence-corrected chi connectivity index (χ4v) is 4.23. The van der Waals surface area contributed by atoms with Crippen LogP contribution in [0.5, 0.6) is 5.75 Å². The maximum Gasteiger partial charge on any atom is 0.247 e. The van der Waals surface area contributed by atoms with Crippen molar-refractivity contribution in [1.29, 1.82) is 0 Å². The highest BCUT2D eigenvalue weighted by molar-refractivity contribution is 8.14. The fraction of sp³-hybridized carbons (Fsp3) is 0.360. The topological polar surface area (TPSA) is 97.3 Å². The third-order valence-electron chi connectivity index (χ3n) is 5.29. The van der Waals surface area contributed by atoms with Crippen molar-refractivity contribution in [2.75, 3.05) is 11.5 Å². The molecule has 3 rings (SSSR count). The molecule has 0 aliphatic carbocycles. The zero-order chi connectivity index (χ0) is 24.5. The Labute approximate surface area is 203 Å². The van der Waals surface area contributed by atoms with Crippen LogP contribution in [0.15, 0.2) is 58.7 Å². The molecule has 9 heteroatoms. The molecule has 1 aliphatic rings. The Morgan fingerprint density at radius 2 is 1.79 bits per heavy atom. The monoisotopic (exact) mass is 484 g/mol. The molecule has 2 N–H and O–H groups in total. The first-order valence-electron chi connectivity index (χ1n) is 11.3. The number of benzene rings is 2. The Morgan fingerprint density at radius 1 is 1.09 bits per heavy atom. The number of hydrogen-bond donors (Lipinski definition) is 1. The molecule has 2 aromatic rings. The Balaban J connectivity index is 1.58. The van der Waals surface area contributed by atoms with Crippen LogP contribution in [0.25, 0.3) is 0 Å². The van der Waals surface area contributed by atoms with E-state index in [0.717, 1.165) is 24.6 Å². The lowest BCUT2D eigenvalue weighted by Crippen LogP contribution is -2.31. The molecule has 0 radical (unpaired) electrons. The van der Waals surface area contributed by atoms with Gasteiger partial charge < -0.3 is 10.5 Å². The molecular weight excluding hydrogens is 455 g/mol. The average molecular weight is 485 g/mol. The van der Waals surface area contributed by atoms with Gasteiger partial charge in [-0.1, -0.05) is 50.1 Å². The number of imide groups is 1. The van der Waals surface area contributed by atoms with Crippen molar-refractivity contribution >= 4 is 40.1 Å². The third kappa shape index (κ3) is 6.90. The molecule has 1 fully saturated rings. The molecule has 0 bridgehead atoms. The van der Waals surface area contributed by atoms with Crippen molar-refractivity contribution in [2.24, 2.45) is 15.9 Å². The summed E-state index contributed by atoms with van der Waals surface area (Å²) in [5.74, 6) is -0.278. The van der Waals surface area contributed by atoms with E-state index >= 15 is 0 Å². The summed E-state index contributed by atoms with van der Waals surface area (Å²) in [5.41, 5.74) is 7.69. The van der Waals surface area contributed by atoms with E-state index in [1.807, 2.05) is 0 Å². The molecule has 1 saturated heterocycles. The predicted octanol–water partition coefficient (Wildman–Crippen LogP) is 4.89. The Kier molecular flexibility index (Phi) is 9.21. The number of ether oxygens (including phenoxy) is 1. The van der Waals surface area contributed by atoms with Gasteiger partial charge in [0.2, 0.25) is 11.8 Å². The largest absolute Gasteiger partial charge is 0.494 e. The summed E-state index contributed by atoms with van der Waals surface area (Å²) in [4.78, 5) is 26.6. The van der Waals surface area contributed by atoms with Gasteiger partial charge in [-0.2, -0.15) is 5.10 Å². The number of rotatable bonds is 10. The molecule has 1 aliphatic heterocycles. The van der Waals surface area contributed by atoms with Crippen LogP contribution in [0.2, 0.25) is 0 Å². The van der Waals surface area contributed by atoms with E-state index in [1.165, 1.54) is 29.9 Å². The molecule has 0 spiro atoms. The Morgan fingerprint density at radius 3 is 2.47 bits per heavy atom. The van der Waals surface area contributed by atoms with Crippen LogP contribution in [0, 0.1) is 5.82 Å². The number of unbranched alkanes of at least 4 members (excludes halogenated alkanes) is 3. The summed E-state index contributed by atoms with van der Waals surface area (Å²) in [7, 11) is 0. The van der Waals surface area contributed by atoms with Crippen LogP contribution in [0.4, 0.5) is 10.1 Å². The van der Waals surface area contributed by atoms with Crippen LogP contribution in [-0.4, -0.2) is 34.6 Å². The van der Waals surface area contributed by atoms with Crippen molar-refractivity contribution in [1.82, 2.24) is 0 Å². The second-order valence-corrected chi connectivity index (χ2v) is 9.13. The van der Waals surface area contributed by atoms with E-state index in [2.05, 4.69) is 17.1 Å². The number of thioether (sulfide) groups is 1. The number of halogens is 1. The average Bonchev–Trinajstić information content (AvgIpc) is 3.10. The number of amides is 2. The number of carbonyl (C=O) groups is 2. The van der Waals surface area contributed by atoms with E-state index in [-0.39, 0.29) is 29.2 Å². The number of hydrogen-bond acceptors (Lipinski definition) is 6. The second kappa shape index (κ2) is 12.3. The van der Waals surface area contributed by atoms with Crippen molar-refractivity contribution in [3.05, 3.63) is 59.9 Å². The lowest BCUT2D eigenvalue weighted by Gasteiger charge is -2.15. The number of carbonyl (C=O) groups excluding carboxylic acids is 2. The van der Waals surface area contributed by atoms with Crippen molar-refractivity contribution in [3.63, 3.8) is 0 Å². The molecule has 7 nitrogen and oxygen atoms in total. The second-order valence-electron chi connectivity index (χ2n) is 7.91.